The number of H-pyrrole nitrogens is 1. The highest BCUT2D eigenvalue weighted by Crippen LogP contribution is 2.37. The molecule has 1 aliphatic carbocycles. The Morgan fingerprint density at radius 1 is 1.47 bits per heavy atom. The highest BCUT2D eigenvalue weighted by Gasteiger charge is 2.28. The number of aromatic amines is 1. The average molecular weight is 296 g/mol. The molecular formula is C10H12N6OS2. The lowest BCUT2D eigenvalue weighted by atomic mass is 10.6. The number of hydrogen-bond acceptors (Lipinski definition) is 7. The van der Waals surface area contributed by atoms with Crippen LogP contribution in [0.2, 0.25) is 0 Å². The summed E-state index contributed by atoms with van der Waals surface area (Å²) in [7, 11) is 0. The topological polar surface area (TPSA) is 102 Å². The molecule has 0 bridgehead atoms. The van der Waals surface area contributed by atoms with Gasteiger partial charge in [-0.05, 0) is 30.9 Å². The Hall–Kier alpha value is -1.48. The van der Waals surface area contributed by atoms with Crippen molar-refractivity contribution in [2.75, 3.05) is 12.0 Å². The van der Waals surface area contributed by atoms with Crippen LogP contribution in [0.5, 0.6) is 0 Å². The van der Waals surface area contributed by atoms with Crippen LogP contribution in [-0.2, 0) is 0 Å². The van der Waals surface area contributed by atoms with Crippen molar-refractivity contribution < 1.29 is 0 Å². The molecule has 1 aliphatic rings. The lowest BCUT2D eigenvalue weighted by Gasteiger charge is -2.04. The van der Waals surface area contributed by atoms with Crippen molar-refractivity contribution in [2.45, 2.75) is 34.2 Å². The molecule has 0 aromatic carbocycles. The Morgan fingerprint density at radius 2 is 2.26 bits per heavy atom. The van der Waals surface area contributed by atoms with Gasteiger partial charge in [-0.15, -0.1) is 5.10 Å². The van der Waals surface area contributed by atoms with E-state index in [0.29, 0.717) is 21.2 Å². The van der Waals surface area contributed by atoms with Crippen LogP contribution in [0.25, 0.3) is 0 Å². The molecule has 3 N–H and O–H groups in total. The molecule has 0 amide bonds. The summed E-state index contributed by atoms with van der Waals surface area (Å²) in [5.41, 5.74) is 5.56. The summed E-state index contributed by atoms with van der Waals surface area (Å²) in [5.74, 6) is 0.415. The lowest BCUT2D eigenvalue weighted by Crippen LogP contribution is -2.16. The number of anilines is 1. The highest BCUT2D eigenvalue weighted by molar-refractivity contribution is 7.99. The third-order valence-electron chi connectivity index (χ3n) is 2.66. The third-order valence-corrected chi connectivity index (χ3v) is 4.10. The molecule has 0 spiro atoms. The first-order valence-electron chi connectivity index (χ1n) is 5.70. The molecule has 2 heterocycles. The first-order valence-corrected chi connectivity index (χ1v) is 7.75. The molecule has 1 saturated carbocycles. The van der Waals surface area contributed by atoms with Crippen LogP contribution in [0.15, 0.2) is 26.2 Å². The van der Waals surface area contributed by atoms with Crippen molar-refractivity contribution in [3.63, 3.8) is 0 Å². The Balaban J connectivity index is 1.93. The van der Waals surface area contributed by atoms with Gasteiger partial charge < -0.3 is 5.73 Å². The summed E-state index contributed by atoms with van der Waals surface area (Å²) in [6.07, 6.45) is 3.93. The monoisotopic (exact) mass is 296 g/mol. The number of rotatable bonds is 4. The van der Waals surface area contributed by atoms with E-state index in [0.717, 1.165) is 12.8 Å². The Bertz CT molecular complexity index is 662. The predicted molar refractivity (Wildman–Crippen MR) is 73.5 cm³/mol. The van der Waals surface area contributed by atoms with Gasteiger partial charge in [0.1, 0.15) is 10.8 Å². The average Bonchev–Trinajstić information content (AvgIpc) is 3.14. The molecule has 2 aromatic heterocycles. The predicted octanol–water partition coefficient (Wildman–Crippen LogP) is 1.15. The molecule has 2 aromatic rings. The maximum atomic E-state index is 11.7. The molecule has 0 unspecified atom stereocenters. The molecule has 0 atom stereocenters. The zero-order chi connectivity index (χ0) is 13.4. The van der Waals surface area contributed by atoms with Crippen LogP contribution in [0.1, 0.15) is 18.9 Å². The van der Waals surface area contributed by atoms with Crippen LogP contribution in [-0.4, -0.2) is 31.0 Å². The molecular weight excluding hydrogens is 284 g/mol. The molecule has 0 radical (unpaired) electrons. The molecule has 0 aliphatic heterocycles. The van der Waals surface area contributed by atoms with Crippen molar-refractivity contribution in [3.8, 4) is 0 Å². The molecule has 9 heteroatoms. The number of nitrogens with two attached hydrogens (primary N) is 1. The van der Waals surface area contributed by atoms with E-state index in [-0.39, 0.29) is 11.7 Å². The molecule has 100 valence electrons. The van der Waals surface area contributed by atoms with Crippen molar-refractivity contribution in [1.29, 1.82) is 0 Å². The van der Waals surface area contributed by atoms with E-state index in [1.807, 2.05) is 6.26 Å². The lowest BCUT2D eigenvalue weighted by molar-refractivity contribution is 0.642. The molecule has 3 rings (SSSR count). The number of aromatic nitrogens is 5. The molecule has 0 saturated heterocycles. The van der Waals surface area contributed by atoms with Crippen LogP contribution in [0, 0.1) is 0 Å². The first kappa shape index (κ1) is 12.5. The number of nitrogens with one attached hydrogen (secondary N) is 1. The summed E-state index contributed by atoms with van der Waals surface area (Å²) in [6.45, 7) is 0. The number of nitrogens with zero attached hydrogens (tertiary/aromatic N) is 4. The van der Waals surface area contributed by atoms with Gasteiger partial charge in [-0.3, -0.25) is 4.57 Å². The normalized spacial score (nSPS) is 14.8. The van der Waals surface area contributed by atoms with Crippen LogP contribution in [0.3, 0.4) is 0 Å². The number of hydrogen-bond donors (Lipinski definition) is 2. The van der Waals surface area contributed by atoms with E-state index in [2.05, 4.69) is 20.2 Å². The van der Waals surface area contributed by atoms with Gasteiger partial charge in [0.2, 0.25) is 0 Å². The second-order valence-corrected chi connectivity index (χ2v) is 5.89. The summed E-state index contributed by atoms with van der Waals surface area (Å²) in [4.78, 5) is 20.1. The maximum absolute atomic E-state index is 11.7. The van der Waals surface area contributed by atoms with E-state index in [1.54, 1.807) is 10.6 Å². The quantitative estimate of drug-likeness (QED) is 0.495. The second kappa shape index (κ2) is 4.89. The fourth-order valence-corrected chi connectivity index (χ4v) is 3.04. The minimum absolute atomic E-state index is 0.169. The van der Waals surface area contributed by atoms with E-state index in [9.17, 15) is 4.79 Å². The van der Waals surface area contributed by atoms with Gasteiger partial charge >= 0.3 is 5.69 Å². The van der Waals surface area contributed by atoms with Gasteiger partial charge in [0.05, 0.1) is 0 Å². The van der Waals surface area contributed by atoms with Gasteiger partial charge in [0, 0.05) is 12.1 Å². The van der Waals surface area contributed by atoms with E-state index >= 15 is 0 Å². The minimum Gasteiger partial charge on any atom is -0.384 e. The SMILES string of the molecule is CSc1nc(N)cc(Sc2n[nH]c(=O)n2C2CC2)n1. The largest absolute Gasteiger partial charge is 0.384 e. The minimum atomic E-state index is -0.169. The van der Waals surface area contributed by atoms with Crippen molar-refractivity contribution in [2.24, 2.45) is 0 Å². The first-order chi connectivity index (χ1) is 9.17. The third kappa shape index (κ3) is 2.61. The van der Waals surface area contributed by atoms with Gasteiger partial charge in [0.15, 0.2) is 10.3 Å². The smallest absolute Gasteiger partial charge is 0.344 e. The molecule has 7 nitrogen and oxygen atoms in total. The van der Waals surface area contributed by atoms with Crippen LogP contribution >= 0.6 is 23.5 Å². The fourth-order valence-electron chi connectivity index (χ4n) is 1.67. The van der Waals surface area contributed by atoms with E-state index < -0.39 is 0 Å². The van der Waals surface area contributed by atoms with E-state index in [1.165, 1.54) is 23.5 Å². The number of thioether (sulfide) groups is 1. The van der Waals surface area contributed by atoms with Gasteiger partial charge in [0.25, 0.3) is 0 Å². The summed E-state index contributed by atoms with van der Waals surface area (Å²) >= 11 is 2.75. The van der Waals surface area contributed by atoms with Crippen molar-refractivity contribution in [3.05, 3.63) is 16.6 Å². The van der Waals surface area contributed by atoms with Gasteiger partial charge in [-0.2, -0.15) is 0 Å². The van der Waals surface area contributed by atoms with E-state index in [4.69, 9.17) is 5.73 Å². The Kier molecular flexibility index (Phi) is 3.23. The molecule has 1 fully saturated rings. The maximum Gasteiger partial charge on any atom is 0.344 e. The molecule has 19 heavy (non-hydrogen) atoms. The van der Waals surface area contributed by atoms with Gasteiger partial charge in [-0.25, -0.2) is 19.9 Å². The summed E-state index contributed by atoms with van der Waals surface area (Å²) in [5, 5.41) is 8.44. The Morgan fingerprint density at radius 3 is 2.95 bits per heavy atom. The van der Waals surface area contributed by atoms with Gasteiger partial charge in [-0.1, -0.05) is 11.8 Å². The highest BCUT2D eigenvalue weighted by atomic mass is 32.2. The Labute approximate surface area is 117 Å². The van der Waals surface area contributed by atoms with Crippen LogP contribution < -0.4 is 11.4 Å². The zero-order valence-corrected chi connectivity index (χ0v) is 11.8. The van der Waals surface area contributed by atoms with Crippen molar-refractivity contribution in [1.82, 2.24) is 24.7 Å². The standard InChI is InChI=1S/C10H12N6OS2/c1-18-8-12-6(11)4-7(13-8)19-10-15-14-9(17)16(10)5-2-3-5/h4-5H,2-3H2,1H3,(H,14,17)(H2,11,12,13). The fraction of sp³-hybridized carbons (Fsp3) is 0.400. The summed E-state index contributed by atoms with van der Waals surface area (Å²) < 4.78 is 1.68. The number of nitrogen functional groups attached to an aromatic ring is 1. The zero-order valence-electron chi connectivity index (χ0n) is 10.2. The van der Waals surface area contributed by atoms with Crippen LogP contribution in [0.4, 0.5) is 5.82 Å². The summed E-state index contributed by atoms with van der Waals surface area (Å²) in [6, 6.07) is 1.95. The second-order valence-electron chi connectivity index (χ2n) is 4.13. The van der Waals surface area contributed by atoms with Crippen molar-refractivity contribution >= 4 is 29.3 Å².